The molecule has 0 N–H and O–H groups in total. The minimum atomic E-state index is -0.674. The summed E-state index contributed by atoms with van der Waals surface area (Å²) in [5, 5.41) is 1.75. The lowest BCUT2D eigenvalue weighted by molar-refractivity contribution is 0.173. The predicted molar refractivity (Wildman–Crippen MR) is 81.6 cm³/mol. The maximum absolute atomic E-state index is 5.78. The summed E-state index contributed by atoms with van der Waals surface area (Å²) in [4.78, 5) is 4.48. The molecule has 0 amide bonds. The Hall–Kier alpha value is -2.67. The van der Waals surface area contributed by atoms with E-state index in [4.69, 9.17) is 20.3 Å². The lowest BCUT2D eigenvalue weighted by atomic mass is 10.1. The summed E-state index contributed by atoms with van der Waals surface area (Å²) in [6.45, 7) is 3.67. The van der Waals surface area contributed by atoms with E-state index in [9.17, 15) is 0 Å². The standard InChI is InChI=1S/C17H15NO3/c1-5-17(2,3)21-11-6-7-12-14(10-11)18-16-13(8-9-20-16)15(12)19-4/h1,6-10H,2-4H3. The Labute approximate surface area is 122 Å². The van der Waals surface area contributed by atoms with Gasteiger partial charge in [0.25, 0.3) is 0 Å². The number of fused-ring (bicyclic) bond motifs is 2. The average Bonchev–Trinajstić information content (AvgIpc) is 2.92. The van der Waals surface area contributed by atoms with Crippen molar-refractivity contribution in [3.8, 4) is 23.8 Å². The van der Waals surface area contributed by atoms with Gasteiger partial charge in [0.05, 0.1) is 24.3 Å². The second-order valence-electron chi connectivity index (χ2n) is 5.22. The van der Waals surface area contributed by atoms with Gasteiger partial charge in [0.1, 0.15) is 11.5 Å². The molecule has 0 saturated heterocycles. The van der Waals surface area contributed by atoms with E-state index in [2.05, 4.69) is 10.9 Å². The highest BCUT2D eigenvalue weighted by Gasteiger charge is 2.17. The number of benzene rings is 1. The monoisotopic (exact) mass is 281 g/mol. The molecule has 106 valence electrons. The number of furan rings is 1. The van der Waals surface area contributed by atoms with Gasteiger partial charge in [-0.1, -0.05) is 5.92 Å². The quantitative estimate of drug-likeness (QED) is 0.685. The fourth-order valence-electron chi connectivity index (χ4n) is 2.22. The first-order valence-corrected chi connectivity index (χ1v) is 6.56. The van der Waals surface area contributed by atoms with Crippen LogP contribution in [0.2, 0.25) is 0 Å². The van der Waals surface area contributed by atoms with Crippen LogP contribution in [0.1, 0.15) is 13.8 Å². The third kappa shape index (κ3) is 2.27. The van der Waals surface area contributed by atoms with Gasteiger partial charge >= 0.3 is 0 Å². The van der Waals surface area contributed by atoms with E-state index in [0.29, 0.717) is 11.5 Å². The van der Waals surface area contributed by atoms with Gasteiger partial charge < -0.3 is 13.9 Å². The number of hydrogen-bond donors (Lipinski definition) is 0. The number of methoxy groups -OCH3 is 1. The van der Waals surface area contributed by atoms with Crippen molar-refractivity contribution in [3.05, 3.63) is 30.5 Å². The minimum Gasteiger partial charge on any atom is -0.495 e. The summed E-state index contributed by atoms with van der Waals surface area (Å²) >= 11 is 0. The normalized spacial score (nSPS) is 11.5. The lowest BCUT2D eigenvalue weighted by Gasteiger charge is -2.20. The fraction of sp³-hybridized carbons (Fsp3) is 0.235. The van der Waals surface area contributed by atoms with Crippen molar-refractivity contribution in [2.24, 2.45) is 0 Å². The molecular weight excluding hydrogens is 266 g/mol. The Morgan fingerprint density at radius 1 is 1.24 bits per heavy atom. The molecule has 3 rings (SSSR count). The van der Waals surface area contributed by atoms with Crippen LogP contribution in [0.4, 0.5) is 0 Å². The Morgan fingerprint density at radius 2 is 2.05 bits per heavy atom. The first-order valence-electron chi connectivity index (χ1n) is 6.56. The van der Waals surface area contributed by atoms with Crippen LogP contribution in [-0.4, -0.2) is 17.7 Å². The SMILES string of the molecule is C#CC(C)(C)Oc1ccc2c(OC)c3ccoc3nc2c1. The van der Waals surface area contributed by atoms with Gasteiger partial charge in [-0.25, -0.2) is 4.98 Å². The molecule has 21 heavy (non-hydrogen) atoms. The Bertz CT molecular complexity index is 855. The molecule has 2 aromatic heterocycles. The summed E-state index contributed by atoms with van der Waals surface area (Å²) in [7, 11) is 1.63. The molecular formula is C17H15NO3. The third-order valence-corrected chi connectivity index (χ3v) is 3.25. The topological polar surface area (TPSA) is 44.5 Å². The van der Waals surface area contributed by atoms with E-state index in [1.807, 2.05) is 38.1 Å². The largest absolute Gasteiger partial charge is 0.495 e. The fourth-order valence-corrected chi connectivity index (χ4v) is 2.22. The molecule has 2 heterocycles. The van der Waals surface area contributed by atoms with Crippen LogP contribution < -0.4 is 9.47 Å². The maximum Gasteiger partial charge on any atom is 0.230 e. The number of ether oxygens (including phenoxy) is 2. The molecule has 0 atom stereocenters. The van der Waals surface area contributed by atoms with Crippen LogP contribution in [0.25, 0.3) is 22.0 Å². The van der Waals surface area contributed by atoms with E-state index >= 15 is 0 Å². The maximum atomic E-state index is 5.78. The number of rotatable bonds is 3. The molecule has 4 heteroatoms. The second kappa shape index (κ2) is 4.71. The van der Waals surface area contributed by atoms with Gasteiger partial charge in [-0.05, 0) is 32.0 Å². The number of terminal acetylenes is 1. The third-order valence-electron chi connectivity index (χ3n) is 3.25. The number of aromatic nitrogens is 1. The van der Waals surface area contributed by atoms with Gasteiger partial charge in [-0.2, -0.15) is 0 Å². The summed E-state index contributed by atoms with van der Waals surface area (Å²) in [6, 6.07) is 7.44. The van der Waals surface area contributed by atoms with Gasteiger partial charge in [0.2, 0.25) is 5.71 Å². The molecule has 0 spiro atoms. The molecule has 4 nitrogen and oxygen atoms in total. The smallest absolute Gasteiger partial charge is 0.230 e. The van der Waals surface area contributed by atoms with Crippen LogP contribution in [0.3, 0.4) is 0 Å². The van der Waals surface area contributed by atoms with Gasteiger partial charge in [0.15, 0.2) is 5.60 Å². The highest BCUT2D eigenvalue weighted by atomic mass is 16.5. The summed E-state index contributed by atoms with van der Waals surface area (Å²) in [5.74, 6) is 4.00. The van der Waals surface area contributed by atoms with E-state index in [1.165, 1.54) is 0 Å². The Balaban J connectivity index is 2.18. The van der Waals surface area contributed by atoms with Crippen molar-refractivity contribution in [1.82, 2.24) is 4.98 Å². The molecule has 0 aliphatic rings. The molecule has 0 radical (unpaired) electrons. The molecule has 0 aliphatic heterocycles. The minimum absolute atomic E-state index is 0.535. The zero-order valence-electron chi connectivity index (χ0n) is 12.1. The second-order valence-corrected chi connectivity index (χ2v) is 5.22. The van der Waals surface area contributed by atoms with E-state index in [0.717, 1.165) is 22.0 Å². The van der Waals surface area contributed by atoms with Crippen molar-refractivity contribution in [3.63, 3.8) is 0 Å². The van der Waals surface area contributed by atoms with Crippen molar-refractivity contribution >= 4 is 22.0 Å². The highest BCUT2D eigenvalue weighted by Crippen LogP contribution is 2.35. The zero-order valence-corrected chi connectivity index (χ0v) is 12.1. The number of nitrogens with zero attached hydrogens (tertiary/aromatic N) is 1. The molecule has 0 bridgehead atoms. The van der Waals surface area contributed by atoms with Crippen LogP contribution in [-0.2, 0) is 0 Å². The zero-order chi connectivity index (χ0) is 15.0. The first-order chi connectivity index (χ1) is 10.0. The summed E-state index contributed by atoms with van der Waals surface area (Å²) < 4.78 is 16.6. The average molecular weight is 281 g/mol. The van der Waals surface area contributed by atoms with Gasteiger partial charge in [-0.15, -0.1) is 6.42 Å². The van der Waals surface area contributed by atoms with Crippen molar-refractivity contribution in [2.75, 3.05) is 7.11 Å². The van der Waals surface area contributed by atoms with E-state index in [1.54, 1.807) is 13.4 Å². The van der Waals surface area contributed by atoms with Gasteiger partial charge in [-0.3, -0.25) is 0 Å². The van der Waals surface area contributed by atoms with Crippen molar-refractivity contribution in [1.29, 1.82) is 0 Å². The van der Waals surface area contributed by atoms with Crippen LogP contribution in [0.5, 0.6) is 11.5 Å². The molecule has 1 aromatic carbocycles. The van der Waals surface area contributed by atoms with Crippen LogP contribution in [0.15, 0.2) is 34.9 Å². The molecule has 0 aliphatic carbocycles. The predicted octanol–water partition coefficient (Wildman–Crippen LogP) is 3.78. The molecule has 3 aromatic rings. The van der Waals surface area contributed by atoms with Crippen LogP contribution >= 0.6 is 0 Å². The first kappa shape index (κ1) is 13.3. The van der Waals surface area contributed by atoms with Crippen molar-refractivity contribution < 1.29 is 13.9 Å². The highest BCUT2D eigenvalue weighted by molar-refractivity contribution is 5.99. The van der Waals surface area contributed by atoms with Crippen LogP contribution in [0, 0.1) is 12.3 Å². The van der Waals surface area contributed by atoms with E-state index in [-0.39, 0.29) is 0 Å². The van der Waals surface area contributed by atoms with E-state index < -0.39 is 5.60 Å². The Morgan fingerprint density at radius 3 is 2.76 bits per heavy atom. The number of pyridine rings is 1. The lowest BCUT2D eigenvalue weighted by Crippen LogP contribution is -2.25. The number of hydrogen-bond acceptors (Lipinski definition) is 4. The molecule has 0 saturated carbocycles. The van der Waals surface area contributed by atoms with Gasteiger partial charge in [0, 0.05) is 11.5 Å². The summed E-state index contributed by atoms with van der Waals surface area (Å²) in [5.41, 5.74) is 0.597. The summed E-state index contributed by atoms with van der Waals surface area (Å²) in [6.07, 6.45) is 7.04. The van der Waals surface area contributed by atoms with Crippen molar-refractivity contribution in [2.45, 2.75) is 19.4 Å². The molecule has 0 fully saturated rings. The Kier molecular flexibility index (Phi) is 2.99. The molecule has 0 unspecified atom stereocenters.